The SMILES string of the molecule is CCC[C@]1(C(=O)O)CN(C(=O)COc2ccc(C)c(C)c2)CC[C@@H]1O. The fraction of sp³-hybridized carbons (Fsp3) is 0.579. The van der Waals surface area contributed by atoms with Crippen molar-refractivity contribution < 1.29 is 24.5 Å². The van der Waals surface area contributed by atoms with E-state index in [-0.39, 0.29) is 25.5 Å². The Labute approximate surface area is 148 Å². The Hall–Kier alpha value is -2.08. The Morgan fingerprint density at radius 2 is 2.04 bits per heavy atom. The summed E-state index contributed by atoms with van der Waals surface area (Å²) in [5.74, 6) is -0.687. The number of amides is 1. The van der Waals surface area contributed by atoms with Gasteiger partial charge in [0.15, 0.2) is 6.61 Å². The fourth-order valence-corrected chi connectivity index (χ4v) is 3.34. The first kappa shape index (κ1) is 19.2. The first-order chi connectivity index (χ1) is 11.8. The molecule has 2 atom stereocenters. The van der Waals surface area contributed by atoms with Crippen LogP contribution in [0.2, 0.25) is 0 Å². The van der Waals surface area contributed by atoms with Gasteiger partial charge in [0.05, 0.1) is 6.10 Å². The molecule has 0 spiro atoms. The second-order valence-corrected chi connectivity index (χ2v) is 6.87. The number of likely N-dealkylation sites (tertiary alicyclic amines) is 1. The van der Waals surface area contributed by atoms with Crippen LogP contribution >= 0.6 is 0 Å². The van der Waals surface area contributed by atoms with Gasteiger partial charge in [-0.05, 0) is 49.9 Å². The molecule has 2 N–H and O–H groups in total. The lowest BCUT2D eigenvalue weighted by molar-refractivity contribution is -0.167. The zero-order chi connectivity index (χ0) is 18.6. The summed E-state index contributed by atoms with van der Waals surface area (Å²) >= 11 is 0. The summed E-state index contributed by atoms with van der Waals surface area (Å²) in [5, 5.41) is 19.9. The van der Waals surface area contributed by atoms with Crippen molar-refractivity contribution in [3.8, 4) is 5.75 Å². The molecule has 0 bridgehead atoms. The van der Waals surface area contributed by atoms with Crippen LogP contribution in [0.15, 0.2) is 18.2 Å². The number of carbonyl (C=O) groups excluding carboxylic acids is 1. The molecule has 1 aromatic rings. The molecule has 1 aliphatic heterocycles. The highest BCUT2D eigenvalue weighted by atomic mass is 16.5. The predicted molar refractivity (Wildman–Crippen MR) is 93.6 cm³/mol. The minimum Gasteiger partial charge on any atom is -0.484 e. The van der Waals surface area contributed by atoms with Crippen LogP contribution in [0.3, 0.4) is 0 Å². The maximum absolute atomic E-state index is 12.5. The van der Waals surface area contributed by atoms with Gasteiger partial charge in [-0.25, -0.2) is 0 Å². The lowest BCUT2D eigenvalue weighted by Gasteiger charge is -2.43. The highest BCUT2D eigenvalue weighted by Crippen LogP contribution is 2.35. The van der Waals surface area contributed by atoms with Crippen LogP contribution in [0.1, 0.15) is 37.3 Å². The van der Waals surface area contributed by atoms with Crippen LogP contribution in [0.4, 0.5) is 0 Å². The number of benzene rings is 1. The lowest BCUT2D eigenvalue weighted by Crippen LogP contribution is -2.57. The number of carbonyl (C=O) groups is 2. The smallest absolute Gasteiger partial charge is 0.314 e. The van der Waals surface area contributed by atoms with Crippen LogP contribution in [-0.4, -0.2) is 52.8 Å². The number of aliphatic carboxylic acids is 1. The number of carboxylic acids is 1. The lowest BCUT2D eigenvalue weighted by atomic mass is 9.74. The van der Waals surface area contributed by atoms with Gasteiger partial charge in [-0.3, -0.25) is 9.59 Å². The molecule has 0 saturated carbocycles. The molecule has 1 aliphatic rings. The van der Waals surface area contributed by atoms with Gasteiger partial charge in [0.25, 0.3) is 5.91 Å². The largest absolute Gasteiger partial charge is 0.484 e. The van der Waals surface area contributed by atoms with Gasteiger partial charge in [-0.15, -0.1) is 0 Å². The highest BCUT2D eigenvalue weighted by molar-refractivity contribution is 5.81. The van der Waals surface area contributed by atoms with Crippen molar-refractivity contribution >= 4 is 11.9 Å². The second kappa shape index (κ2) is 7.87. The third-order valence-corrected chi connectivity index (χ3v) is 5.10. The van der Waals surface area contributed by atoms with Crippen molar-refractivity contribution in [2.75, 3.05) is 19.7 Å². The molecule has 1 saturated heterocycles. The molecule has 0 unspecified atom stereocenters. The molecule has 0 radical (unpaired) electrons. The Morgan fingerprint density at radius 1 is 1.32 bits per heavy atom. The van der Waals surface area contributed by atoms with Crippen molar-refractivity contribution in [2.45, 2.75) is 46.1 Å². The first-order valence-corrected chi connectivity index (χ1v) is 8.69. The summed E-state index contributed by atoms with van der Waals surface area (Å²) in [4.78, 5) is 25.7. The topological polar surface area (TPSA) is 87.1 Å². The number of piperidine rings is 1. The van der Waals surface area contributed by atoms with E-state index in [0.717, 1.165) is 11.1 Å². The minimum absolute atomic E-state index is 0.0203. The van der Waals surface area contributed by atoms with Crippen molar-refractivity contribution in [1.82, 2.24) is 4.90 Å². The monoisotopic (exact) mass is 349 g/mol. The second-order valence-electron chi connectivity index (χ2n) is 6.87. The molecule has 0 aliphatic carbocycles. The zero-order valence-corrected chi connectivity index (χ0v) is 15.1. The molecule has 1 amide bonds. The molecule has 138 valence electrons. The summed E-state index contributed by atoms with van der Waals surface area (Å²) < 4.78 is 5.57. The van der Waals surface area contributed by atoms with Crippen LogP contribution in [0.25, 0.3) is 0 Å². The highest BCUT2D eigenvalue weighted by Gasteiger charge is 2.49. The summed E-state index contributed by atoms with van der Waals surface area (Å²) in [6, 6.07) is 5.62. The molecule has 25 heavy (non-hydrogen) atoms. The number of hydrogen-bond donors (Lipinski definition) is 2. The molecule has 6 nitrogen and oxygen atoms in total. The number of rotatable bonds is 6. The maximum atomic E-state index is 12.5. The van der Waals surface area contributed by atoms with E-state index < -0.39 is 17.5 Å². The van der Waals surface area contributed by atoms with E-state index in [9.17, 15) is 19.8 Å². The van der Waals surface area contributed by atoms with Crippen LogP contribution in [-0.2, 0) is 9.59 Å². The molecule has 6 heteroatoms. The molecule has 0 aromatic heterocycles. The Balaban J connectivity index is 2.03. The van der Waals surface area contributed by atoms with Crippen molar-refractivity contribution in [1.29, 1.82) is 0 Å². The van der Waals surface area contributed by atoms with Crippen molar-refractivity contribution in [3.05, 3.63) is 29.3 Å². The fourth-order valence-electron chi connectivity index (χ4n) is 3.34. The van der Waals surface area contributed by atoms with E-state index in [1.54, 1.807) is 0 Å². The molecule has 1 fully saturated rings. The van der Waals surface area contributed by atoms with E-state index in [4.69, 9.17) is 4.74 Å². The summed E-state index contributed by atoms with van der Waals surface area (Å²) in [6.45, 7) is 6.08. The summed E-state index contributed by atoms with van der Waals surface area (Å²) in [5.41, 5.74) is 0.941. The van der Waals surface area contributed by atoms with Gasteiger partial charge in [0.2, 0.25) is 0 Å². The number of aliphatic hydroxyl groups is 1. The standard InChI is InChI=1S/C19H27NO5/c1-4-8-19(18(23)24)12-20(9-7-16(19)21)17(22)11-25-15-6-5-13(2)14(3)10-15/h5-6,10,16,21H,4,7-9,11-12H2,1-3H3,(H,23,24)/t16-,19-/m0/s1. The molecular formula is C19H27NO5. The Morgan fingerprint density at radius 3 is 2.64 bits per heavy atom. The quantitative estimate of drug-likeness (QED) is 0.822. The third-order valence-electron chi connectivity index (χ3n) is 5.10. The maximum Gasteiger partial charge on any atom is 0.314 e. The van der Waals surface area contributed by atoms with Crippen molar-refractivity contribution in [3.63, 3.8) is 0 Å². The van der Waals surface area contributed by atoms with E-state index in [1.165, 1.54) is 4.90 Å². The zero-order valence-electron chi connectivity index (χ0n) is 15.1. The summed E-state index contributed by atoms with van der Waals surface area (Å²) in [6.07, 6.45) is 0.298. The number of aliphatic hydroxyl groups excluding tert-OH is 1. The van der Waals surface area contributed by atoms with E-state index >= 15 is 0 Å². The number of ether oxygens (including phenoxy) is 1. The van der Waals surface area contributed by atoms with Gasteiger partial charge < -0.3 is 19.8 Å². The number of carboxylic acid groups (broad SMARTS) is 1. The van der Waals surface area contributed by atoms with Crippen LogP contribution in [0, 0.1) is 19.3 Å². The van der Waals surface area contributed by atoms with Gasteiger partial charge in [0.1, 0.15) is 11.2 Å². The summed E-state index contributed by atoms with van der Waals surface area (Å²) in [7, 11) is 0. The van der Waals surface area contributed by atoms with Gasteiger partial charge in [0, 0.05) is 13.1 Å². The number of aryl methyl sites for hydroxylation is 2. The van der Waals surface area contributed by atoms with Gasteiger partial charge >= 0.3 is 5.97 Å². The molecule has 2 rings (SSSR count). The average Bonchev–Trinajstić information content (AvgIpc) is 2.57. The molecule has 1 aromatic carbocycles. The van der Waals surface area contributed by atoms with E-state index in [1.807, 2.05) is 39.0 Å². The van der Waals surface area contributed by atoms with Gasteiger partial charge in [-0.2, -0.15) is 0 Å². The first-order valence-electron chi connectivity index (χ1n) is 8.69. The number of hydrogen-bond acceptors (Lipinski definition) is 4. The molecular weight excluding hydrogens is 322 g/mol. The average molecular weight is 349 g/mol. The van der Waals surface area contributed by atoms with Crippen LogP contribution < -0.4 is 4.74 Å². The van der Waals surface area contributed by atoms with Crippen molar-refractivity contribution in [2.24, 2.45) is 5.41 Å². The van der Waals surface area contributed by atoms with Crippen LogP contribution in [0.5, 0.6) is 5.75 Å². The van der Waals surface area contributed by atoms with E-state index in [2.05, 4.69) is 0 Å². The van der Waals surface area contributed by atoms with Gasteiger partial charge in [-0.1, -0.05) is 19.4 Å². The molecule has 1 heterocycles. The normalized spacial score (nSPS) is 23.4. The Bertz CT molecular complexity index is 645. The minimum atomic E-state index is -1.29. The van der Waals surface area contributed by atoms with E-state index in [0.29, 0.717) is 25.1 Å². The predicted octanol–water partition coefficient (Wildman–Crippen LogP) is 2.15. The third kappa shape index (κ3) is 4.12. The Kier molecular flexibility index (Phi) is 6.06. The number of nitrogens with zero attached hydrogens (tertiary/aromatic N) is 1.